The van der Waals surface area contributed by atoms with Gasteiger partial charge < -0.3 is 19.8 Å². The maximum Gasteiger partial charge on any atom is 0.261 e. The molecule has 2 N–H and O–H groups in total. The smallest absolute Gasteiger partial charge is 0.261 e. The molecule has 0 fully saturated rings. The number of ether oxygens (including phenoxy) is 2. The van der Waals surface area contributed by atoms with Crippen LogP contribution in [0.2, 0.25) is 0 Å². The zero-order chi connectivity index (χ0) is 26.8. The number of nitrogens with zero attached hydrogens (tertiary/aromatic N) is 2. The van der Waals surface area contributed by atoms with Crippen molar-refractivity contribution in [2.75, 3.05) is 12.4 Å². The summed E-state index contributed by atoms with van der Waals surface area (Å²) in [6.45, 7) is 1.57. The van der Waals surface area contributed by atoms with Gasteiger partial charge in [-0.05, 0) is 42.8 Å². The minimum absolute atomic E-state index is 0.104. The number of carbonyl (C=O) groups excluding carboxylic acids is 1. The Morgan fingerprint density at radius 1 is 1.00 bits per heavy atom. The largest absolute Gasteiger partial charge is 0.481 e. The molecule has 2 aromatic carbocycles. The quantitative estimate of drug-likeness (QED) is 0.305. The number of pyridine rings is 3. The fourth-order valence-corrected chi connectivity index (χ4v) is 3.89. The number of carbonyl (C=O) groups is 1. The zero-order valence-corrected chi connectivity index (χ0v) is 20.2. The Morgan fingerprint density at radius 2 is 1.79 bits per heavy atom. The third-order valence-corrected chi connectivity index (χ3v) is 5.80. The lowest BCUT2D eigenvalue weighted by Gasteiger charge is -2.12. The van der Waals surface area contributed by atoms with Crippen molar-refractivity contribution in [2.45, 2.75) is 6.92 Å². The Bertz CT molecular complexity index is 1740. The van der Waals surface area contributed by atoms with Crippen molar-refractivity contribution in [3.05, 3.63) is 106 Å². The van der Waals surface area contributed by atoms with Gasteiger partial charge in [-0.2, -0.15) is 0 Å². The summed E-state index contributed by atoms with van der Waals surface area (Å²) in [7, 11) is 1.48. The fourth-order valence-electron chi connectivity index (χ4n) is 3.89. The highest BCUT2D eigenvalue weighted by molar-refractivity contribution is 6.05. The molecule has 8 nitrogen and oxygen atoms in total. The maximum atomic E-state index is 15.0. The van der Waals surface area contributed by atoms with Crippen molar-refractivity contribution in [3.63, 3.8) is 0 Å². The molecule has 0 radical (unpaired) electrons. The molecular weight excluding hydrogens is 494 g/mol. The van der Waals surface area contributed by atoms with Gasteiger partial charge in [-0.25, -0.2) is 13.8 Å². The number of fused-ring (bicyclic) bond motifs is 1. The van der Waals surface area contributed by atoms with Crippen LogP contribution in [0.3, 0.4) is 0 Å². The second kappa shape index (κ2) is 10.1. The van der Waals surface area contributed by atoms with E-state index >= 15 is 0 Å². The van der Waals surface area contributed by atoms with E-state index < -0.39 is 23.0 Å². The number of methoxy groups -OCH3 is 1. The number of rotatable bonds is 6. The standard InChI is InChI=1S/C28H20F2N4O4/c1-15-25(27(35)19(14-32-15)16-3-5-17(29)6-4-16)28(36)33-18-7-9-22(20(30)13-18)38-23-11-12-31-21-8-10-24(37-2)34-26(21)23/h3-14H,1-2H3,(H,32,35)(H,33,36). The van der Waals surface area contributed by atoms with Crippen LogP contribution in [0, 0.1) is 18.6 Å². The number of aromatic nitrogens is 3. The maximum absolute atomic E-state index is 15.0. The van der Waals surface area contributed by atoms with E-state index in [2.05, 4.69) is 20.3 Å². The molecule has 38 heavy (non-hydrogen) atoms. The third-order valence-electron chi connectivity index (χ3n) is 5.80. The van der Waals surface area contributed by atoms with Gasteiger partial charge in [-0.1, -0.05) is 12.1 Å². The van der Waals surface area contributed by atoms with Crippen LogP contribution in [0.15, 0.2) is 77.9 Å². The van der Waals surface area contributed by atoms with Crippen LogP contribution in [-0.4, -0.2) is 28.0 Å². The summed E-state index contributed by atoms with van der Waals surface area (Å²) in [5.74, 6) is -1.41. The van der Waals surface area contributed by atoms with E-state index in [0.29, 0.717) is 28.2 Å². The Kier molecular flexibility index (Phi) is 6.53. The molecule has 190 valence electrons. The third kappa shape index (κ3) is 4.79. The van der Waals surface area contributed by atoms with Gasteiger partial charge in [0.05, 0.1) is 12.6 Å². The molecule has 3 heterocycles. The van der Waals surface area contributed by atoms with Crippen molar-refractivity contribution in [1.82, 2.24) is 15.0 Å². The van der Waals surface area contributed by atoms with Crippen molar-refractivity contribution in [2.24, 2.45) is 0 Å². The summed E-state index contributed by atoms with van der Waals surface area (Å²) in [6.07, 6.45) is 2.97. The number of hydrogen-bond acceptors (Lipinski definition) is 6. The van der Waals surface area contributed by atoms with Gasteiger partial charge >= 0.3 is 0 Å². The van der Waals surface area contributed by atoms with Crippen molar-refractivity contribution >= 4 is 22.6 Å². The van der Waals surface area contributed by atoms with Gasteiger partial charge in [0.2, 0.25) is 11.3 Å². The second-order valence-electron chi connectivity index (χ2n) is 8.27. The molecule has 5 aromatic rings. The molecular formula is C28H20F2N4O4. The number of amides is 1. The lowest BCUT2D eigenvalue weighted by Crippen LogP contribution is -2.25. The predicted molar refractivity (Wildman–Crippen MR) is 138 cm³/mol. The molecule has 0 unspecified atom stereocenters. The average Bonchev–Trinajstić information content (AvgIpc) is 2.91. The molecule has 0 aliphatic rings. The highest BCUT2D eigenvalue weighted by atomic mass is 19.1. The first-order chi connectivity index (χ1) is 18.3. The van der Waals surface area contributed by atoms with Crippen molar-refractivity contribution in [1.29, 1.82) is 0 Å². The number of H-pyrrole nitrogens is 1. The average molecular weight is 514 g/mol. The zero-order valence-electron chi connectivity index (χ0n) is 20.2. The number of aryl methyl sites for hydroxylation is 1. The molecule has 0 saturated carbocycles. The summed E-state index contributed by atoms with van der Waals surface area (Å²) in [5, 5.41) is 2.55. The van der Waals surface area contributed by atoms with Crippen molar-refractivity contribution in [3.8, 4) is 28.5 Å². The number of nitrogens with one attached hydrogen (secondary N) is 2. The van der Waals surface area contributed by atoms with E-state index in [9.17, 15) is 18.4 Å². The van der Waals surface area contributed by atoms with Gasteiger partial charge in [-0.3, -0.25) is 14.6 Å². The van der Waals surface area contributed by atoms with Gasteiger partial charge in [-0.15, -0.1) is 0 Å². The first kappa shape index (κ1) is 24.6. The number of benzene rings is 2. The Labute approximate surface area is 214 Å². The molecule has 1 amide bonds. The molecule has 0 aliphatic carbocycles. The summed E-state index contributed by atoms with van der Waals surface area (Å²) in [5.41, 5.74) is 1.33. The first-order valence-electron chi connectivity index (χ1n) is 11.4. The SMILES string of the molecule is COc1ccc2nccc(Oc3ccc(NC(=O)c4c(C)[nH]cc(-c5ccc(F)cc5)c4=O)cc3F)c2n1. The van der Waals surface area contributed by atoms with E-state index in [-0.39, 0.29) is 28.3 Å². The van der Waals surface area contributed by atoms with E-state index in [1.807, 2.05) is 0 Å². The Balaban J connectivity index is 1.40. The van der Waals surface area contributed by atoms with Crippen LogP contribution >= 0.6 is 0 Å². The van der Waals surface area contributed by atoms with Gasteiger partial charge in [0.25, 0.3) is 5.91 Å². The van der Waals surface area contributed by atoms with Crippen LogP contribution in [0.25, 0.3) is 22.2 Å². The second-order valence-corrected chi connectivity index (χ2v) is 8.27. The molecule has 0 spiro atoms. The van der Waals surface area contributed by atoms with E-state index in [0.717, 1.165) is 6.07 Å². The monoisotopic (exact) mass is 514 g/mol. The normalized spacial score (nSPS) is 10.8. The van der Waals surface area contributed by atoms with E-state index in [1.54, 1.807) is 25.1 Å². The number of halogens is 2. The summed E-state index contributed by atoms with van der Waals surface area (Å²) >= 11 is 0. The summed E-state index contributed by atoms with van der Waals surface area (Å²) in [6, 6.07) is 14.1. The number of hydrogen-bond donors (Lipinski definition) is 2. The lowest BCUT2D eigenvalue weighted by atomic mass is 10.0. The number of anilines is 1. The Morgan fingerprint density at radius 3 is 2.53 bits per heavy atom. The highest BCUT2D eigenvalue weighted by Crippen LogP contribution is 2.31. The van der Waals surface area contributed by atoms with Crippen LogP contribution < -0.4 is 20.2 Å². The molecule has 5 rings (SSSR count). The van der Waals surface area contributed by atoms with E-state index in [1.165, 1.54) is 55.9 Å². The predicted octanol–water partition coefficient (Wildman–Crippen LogP) is 5.62. The van der Waals surface area contributed by atoms with Crippen LogP contribution in [0.5, 0.6) is 17.4 Å². The van der Waals surface area contributed by atoms with Gasteiger partial charge in [0, 0.05) is 47.5 Å². The molecule has 10 heteroatoms. The van der Waals surface area contributed by atoms with Gasteiger partial charge in [0.1, 0.15) is 16.9 Å². The minimum Gasteiger partial charge on any atom is -0.481 e. The molecule has 0 atom stereocenters. The van der Waals surface area contributed by atoms with Crippen molar-refractivity contribution < 1.29 is 23.0 Å². The topological polar surface area (TPSA) is 106 Å². The molecule has 0 bridgehead atoms. The summed E-state index contributed by atoms with van der Waals surface area (Å²) in [4.78, 5) is 37.5. The first-order valence-corrected chi connectivity index (χ1v) is 11.4. The summed E-state index contributed by atoms with van der Waals surface area (Å²) < 4.78 is 39.2. The Hall–Kier alpha value is -5.12. The molecule has 0 aliphatic heterocycles. The van der Waals surface area contributed by atoms with Gasteiger partial charge in [0.15, 0.2) is 17.3 Å². The van der Waals surface area contributed by atoms with Crippen LogP contribution in [-0.2, 0) is 0 Å². The highest BCUT2D eigenvalue weighted by Gasteiger charge is 2.19. The molecule has 3 aromatic heterocycles. The van der Waals surface area contributed by atoms with Crippen LogP contribution in [0.1, 0.15) is 16.1 Å². The van der Waals surface area contributed by atoms with Crippen LogP contribution in [0.4, 0.5) is 14.5 Å². The minimum atomic E-state index is -0.749. The number of aromatic amines is 1. The fraction of sp³-hybridized carbons (Fsp3) is 0.0714. The van der Waals surface area contributed by atoms with E-state index in [4.69, 9.17) is 9.47 Å². The lowest BCUT2D eigenvalue weighted by molar-refractivity contribution is 0.102. The molecule has 0 saturated heterocycles.